The Hall–Kier alpha value is -1.55. The summed E-state index contributed by atoms with van der Waals surface area (Å²) in [6.45, 7) is 3.90. The SMILES string of the molecule is CC(C)(C(=O)NC1C2CC3CC1CC(C(N)=O)(C3)C2)c1ccc(Cl)cc1. The van der Waals surface area contributed by atoms with Crippen LogP contribution < -0.4 is 11.1 Å². The van der Waals surface area contributed by atoms with Crippen molar-refractivity contribution in [1.82, 2.24) is 5.32 Å². The molecule has 1 aromatic carbocycles. The summed E-state index contributed by atoms with van der Waals surface area (Å²) in [7, 11) is 0. The minimum atomic E-state index is -0.624. The maximum Gasteiger partial charge on any atom is 0.230 e. The van der Waals surface area contributed by atoms with Gasteiger partial charge in [-0.2, -0.15) is 0 Å². The Balaban J connectivity index is 1.52. The number of hydrogen-bond acceptors (Lipinski definition) is 2. The van der Waals surface area contributed by atoms with E-state index in [4.69, 9.17) is 17.3 Å². The van der Waals surface area contributed by atoms with E-state index in [0.717, 1.165) is 37.7 Å². The molecular formula is C21H27ClN2O2. The first-order valence-electron chi connectivity index (χ1n) is 9.58. The van der Waals surface area contributed by atoms with E-state index in [-0.39, 0.29) is 23.3 Å². The molecule has 4 aliphatic rings. The fourth-order valence-electron chi connectivity index (χ4n) is 5.89. The lowest BCUT2D eigenvalue weighted by Gasteiger charge is -2.59. The number of amides is 2. The number of nitrogens with one attached hydrogen (secondary N) is 1. The Kier molecular flexibility index (Phi) is 4.11. The van der Waals surface area contributed by atoms with Crippen LogP contribution in [0.25, 0.3) is 0 Å². The highest BCUT2D eigenvalue weighted by Gasteiger charge is 2.58. The highest BCUT2D eigenvalue weighted by atomic mass is 35.5. The van der Waals surface area contributed by atoms with Crippen molar-refractivity contribution in [2.45, 2.75) is 57.4 Å². The summed E-state index contributed by atoms with van der Waals surface area (Å²) < 4.78 is 0. The molecule has 140 valence electrons. The molecule has 5 heteroatoms. The summed E-state index contributed by atoms with van der Waals surface area (Å²) in [5.74, 6) is 1.25. The molecule has 4 bridgehead atoms. The van der Waals surface area contributed by atoms with Crippen LogP contribution in [0.3, 0.4) is 0 Å². The molecule has 0 aliphatic heterocycles. The molecule has 5 rings (SSSR count). The van der Waals surface area contributed by atoms with Crippen molar-refractivity contribution >= 4 is 23.4 Å². The second-order valence-electron chi connectivity index (χ2n) is 9.25. The van der Waals surface area contributed by atoms with Crippen molar-refractivity contribution in [2.24, 2.45) is 28.9 Å². The van der Waals surface area contributed by atoms with Gasteiger partial charge in [-0.05, 0) is 81.4 Å². The molecule has 2 atom stereocenters. The summed E-state index contributed by atoms with van der Waals surface area (Å²) in [6.07, 6.45) is 4.84. The Morgan fingerprint density at radius 3 is 2.23 bits per heavy atom. The number of carbonyl (C=O) groups is 2. The number of rotatable bonds is 4. The Bertz CT molecular complexity index is 727. The van der Waals surface area contributed by atoms with Gasteiger partial charge in [0, 0.05) is 16.5 Å². The summed E-state index contributed by atoms with van der Waals surface area (Å²) in [4.78, 5) is 25.2. The third-order valence-corrected chi connectivity index (χ3v) is 7.48. The Morgan fingerprint density at radius 2 is 1.69 bits per heavy atom. The van der Waals surface area contributed by atoms with Gasteiger partial charge in [0.1, 0.15) is 0 Å². The maximum atomic E-state index is 13.1. The van der Waals surface area contributed by atoms with Crippen molar-refractivity contribution < 1.29 is 9.59 Å². The van der Waals surface area contributed by atoms with Crippen molar-refractivity contribution in [1.29, 1.82) is 0 Å². The van der Waals surface area contributed by atoms with Crippen LogP contribution in [0.4, 0.5) is 0 Å². The summed E-state index contributed by atoms with van der Waals surface area (Å²) in [5.41, 5.74) is 5.77. The summed E-state index contributed by atoms with van der Waals surface area (Å²) >= 11 is 5.98. The largest absolute Gasteiger partial charge is 0.369 e. The van der Waals surface area contributed by atoms with E-state index in [2.05, 4.69) is 5.32 Å². The normalized spacial score (nSPS) is 35.3. The monoisotopic (exact) mass is 374 g/mol. The zero-order valence-electron chi connectivity index (χ0n) is 15.4. The first-order chi connectivity index (χ1) is 12.2. The summed E-state index contributed by atoms with van der Waals surface area (Å²) in [6, 6.07) is 7.65. The van der Waals surface area contributed by atoms with Gasteiger partial charge in [-0.25, -0.2) is 0 Å². The molecule has 4 fully saturated rings. The molecule has 2 unspecified atom stereocenters. The number of primary amides is 1. The highest BCUT2D eigenvalue weighted by molar-refractivity contribution is 6.30. The van der Waals surface area contributed by atoms with Crippen LogP contribution in [0.1, 0.15) is 51.5 Å². The third kappa shape index (κ3) is 2.74. The van der Waals surface area contributed by atoms with Gasteiger partial charge < -0.3 is 11.1 Å². The quantitative estimate of drug-likeness (QED) is 0.847. The standard InChI is InChI=1S/C21H27ClN2O2/c1-20(2,15-3-5-16(22)6-4-15)19(26)24-17-13-7-12-8-14(17)11-21(9-12,10-13)18(23)25/h3-6,12-14,17H,7-11H2,1-2H3,(H2,23,25)(H,24,26). The average Bonchev–Trinajstić information content (AvgIpc) is 2.57. The number of halogens is 1. The number of benzene rings is 1. The van der Waals surface area contributed by atoms with Gasteiger partial charge in [0.2, 0.25) is 11.8 Å². The predicted molar refractivity (Wildman–Crippen MR) is 102 cm³/mol. The highest BCUT2D eigenvalue weighted by Crippen LogP contribution is 2.60. The molecule has 4 aliphatic carbocycles. The molecule has 4 saturated carbocycles. The lowest BCUT2D eigenvalue weighted by atomic mass is 9.47. The van der Waals surface area contributed by atoms with E-state index in [0.29, 0.717) is 22.8 Å². The topological polar surface area (TPSA) is 72.2 Å². The first kappa shape index (κ1) is 17.8. The van der Waals surface area contributed by atoms with Gasteiger partial charge in [-0.1, -0.05) is 23.7 Å². The van der Waals surface area contributed by atoms with Crippen molar-refractivity contribution in [3.8, 4) is 0 Å². The van der Waals surface area contributed by atoms with E-state index in [1.54, 1.807) is 0 Å². The molecule has 3 N–H and O–H groups in total. The van der Waals surface area contributed by atoms with E-state index in [1.807, 2.05) is 38.1 Å². The van der Waals surface area contributed by atoms with E-state index in [9.17, 15) is 9.59 Å². The lowest BCUT2D eigenvalue weighted by molar-refractivity contribution is -0.148. The molecule has 0 radical (unpaired) electrons. The molecule has 4 nitrogen and oxygen atoms in total. The van der Waals surface area contributed by atoms with E-state index in [1.165, 1.54) is 0 Å². The van der Waals surface area contributed by atoms with Gasteiger partial charge in [0.25, 0.3) is 0 Å². The predicted octanol–water partition coefficient (Wildman–Crippen LogP) is 3.41. The Labute approximate surface area is 159 Å². The minimum absolute atomic E-state index is 0.0467. The molecule has 0 aromatic heterocycles. The number of nitrogens with two attached hydrogens (primary N) is 1. The maximum absolute atomic E-state index is 13.1. The zero-order valence-corrected chi connectivity index (χ0v) is 16.2. The Morgan fingerprint density at radius 1 is 1.12 bits per heavy atom. The van der Waals surface area contributed by atoms with Crippen LogP contribution in [0, 0.1) is 23.2 Å². The van der Waals surface area contributed by atoms with Crippen molar-refractivity contribution in [3.05, 3.63) is 34.9 Å². The molecule has 26 heavy (non-hydrogen) atoms. The van der Waals surface area contributed by atoms with E-state index >= 15 is 0 Å². The van der Waals surface area contributed by atoms with E-state index < -0.39 is 5.41 Å². The van der Waals surface area contributed by atoms with Gasteiger partial charge in [0.15, 0.2) is 0 Å². The third-order valence-electron chi connectivity index (χ3n) is 7.23. The molecule has 0 spiro atoms. The number of hydrogen-bond donors (Lipinski definition) is 2. The van der Waals surface area contributed by atoms with Crippen LogP contribution in [0.2, 0.25) is 5.02 Å². The van der Waals surface area contributed by atoms with Gasteiger partial charge in [-0.3, -0.25) is 9.59 Å². The second-order valence-corrected chi connectivity index (χ2v) is 9.68. The second kappa shape index (κ2) is 5.98. The smallest absolute Gasteiger partial charge is 0.230 e. The fourth-order valence-corrected chi connectivity index (χ4v) is 6.02. The molecule has 0 heterocycles. The van der Waals surface area contributed by atoms with Crippen molar-refractivity contribution in [3.63, 3.8) is 0 Å². The van der Waals surface area contributed by atoms with Gasteiger partial charge in [-0.15, -0.1) is 0 Å². The molecule has 1 aromatic rings. The zero-order chi connectivity index (χ0) is 18.7. The van der Waals surface area contributed by atoms with Crippen LogP contribution in [-0.4, -0.2) is 17.9 Å². The first-order valence-corrected chi connectivity index (χ1v) is 9.96. The summed E-state index contributed by atoms with van der Waals surface area (Å²) in [5, 5.41) is 4.02. The lowest BCUT2D eigenvalue weighted by Crippen LogP contribution is -2.63. The van der Waals surface area contributed by atoms with Crippen LogP contribution in [0.5, 0.6) is 0 Å². The van der Waals surface area contributed by atoms with Gasteiger partial charge in [0.05, 0.1) is 5.41 Å². The molecule has 2 amide bonds. The van der Waals surface area contributed by atoms with Crippen LogP contribution >= 0.6 is 11.6 Å². The van der Waals surface area contributed by atoms with Crippen molar-refractivity contribution in [2.75, 3.05) is 0 Å². The fraction of sp³-hybridized carbons (Fsp3) is 0.619. The average molecular weight is 375 g/mol. The van der Waals surface area contributed by atoms with Crippen LogP contribution in [0.15, 0.2) is 24.3 Å². The van der Waals surface area contributed by atoms with Crippen LogP contribution in [-0.2, 0) is 15.0 Å². The number of carbonyl (C=O) groups excluding carboxylic acids is 2. The molecule has 0 saturated heterocycles. The molecular weight excluding hydrogens is 348 g/mol. The minimum Gasteiger partial charge on any atom is -0.369 e. The van der Waals surface area contributed by atoms with Gasteiger partial charge >= 0.3 is 0 Å².